The van der Waals surface area contributed by atoms with Gasteiger partial charge in [-0.1, -0.05) is 32.4 Å². The van der Waals surface area contributed by atoms with E-state index in [1.165, 1.54) is 32.1 Å². The third-order valence-electron chi connectivity index (χ3n) is 12.5. The Morgan fingerprint density at radius 1 is 0.973 bits per heavy atom. The molecule has 37 heavy (non-hydrogen) atoms. The molecule has 5 aliphatic carbocycles. The van der Waals surface area contributed by atoms with E-state index in [1.807, 2.05) is 9.80 Å². The number of nitrogens with zero attached hydrogens (tertiary/aromatic N) is 2. The Kier molecular flexibility index (Phi) is 6.77. The highest BCUT2D eigenvalue weighted by Gasteiger charge is 2.59. The predicted molar refractivity (Wildman–Crippen MR) is 145 cm³/mol. The van der Waals surface area contributed by atoms with E-state index in [-0.39, 0.29) is 12.0 Å². The minimum Gasteiger partial charge on any atom is -0.393 e. The predicted octanol–water partition coefficient (Wildman–Crippen LogP) is 5.42. The Bertz CT molecular complexity index is 934. The number of hydrogen-bond acceptors (Lipinski definition) is 3. The number of piperazine rings is 1. The smallest absolute Gasteiger partial charge is 0.225 e. The van der Waals surface area contributed by atoms with Crippen molar-refractivity contribution < 1.29 is 14.7 Å². The minimum atomic E-state index is -0.127. The number of aliphatic hydroxyl groups is 1. The molecule has 0 aromatic rings. The zero-order chi connectivity index (χ0) is 25.9. The van der Waals surface area contributed by atoms with Crippen molar-refractivity contribution in [1.29, 1.82) is 0 Å². The van der Waals surface area contributed by atoms with Gasteiger partial charge in [0.15, 0.2) is 0 Å². The summed E-state index contributed by atoms with van der Waals surface area (Å²) >= 11 is 0. The van der Waals surface area contributed by atoms with E-state index in [0.717, 1.165) is 75.3 Å². The molecule has 5 fully saturated rings. The van der Waals surface area contributed by atoms with Crippen LogP contribution in [-0.4, -0.2) is 59.0 Å². The lowest BCUT2D eigenvalue weighted by atomic mass is 9.47. The van der Waals surface area contributed by atoms with Crippen molar-refractivity contribution in [3.63, 3.8) is 0 Å². The average Bonchev–Trinajstić information content (AvgIpc) is 3.68. The molecule has 1 heterocycles. The lowest BCUT2D eigenvalue weighted by Gasteiger charge is -2.58. The summed E-state index contributed by atoms with van der Waals surface area (Å²) in [6.45, 7) is 10.4. The summed E-state index contributed by atoms with van der Waals surface area (Å²) in [7, 11) is 0. The number of rotatable bonds is 5. The van der Waals surface area contributed by atoms with Gasteiger partial charge in [-0.3, -0.25) is 9.59 Å². The molecule has 206 valence electrons. The van der Waals surface area contributed by atoms with Crippen LogP contribution < -0.4 is 0 Å². The summed E-state index contributed by atoms with van der Waals surface area (Å²) in [5.74, 6) is 4.61. The van der Waals surface area contributed by atoms with Crippen LogP contribution in [0.1, 0.15) is 97.8 Å². The largest absolute Gasteiger partial charge is 0.393 e. The summed E-state index contributed by atoms with van der Waals surface area (Å²) in [6, 6.07) is 0. The summed E-state index contributed by atoms with van der Waals surface area (Å²) in [5, 5.41) is 10.3. The van der Waals surface area contributed by atoms with Crippen molar-refractivity contribution in [2.45, 2.75) is 104 Å². The summed E-state index contributed by atoms with van der Waals surface area (Å²) in [5.41, 5.74) is 2.29. The van der Waals surface area contributed by atoms with Gasteiger partial charge in [-0.2, -0.15) is 0 Å². The Morgan fingerprint density at radius 2 is 1.70 bits per heavy atom. The fourth-order valence-electron chi connectivity index (χ4n) is 10.1. The van der Waals surface area contributed by atoms with Crippen LogP contribution in [0.15, 0.2) is 11.6 Å². The highest BCUT2D eigenvalue weighted by Crippen LogP contribution is 2.67. The first-order valence-corrected chi connectivity index (χ1v) is 15.6. The number of fused-ring (bicyclic) bond motifs is 5. The van der Waals surface area contributed by atoms with Crippen molar-refractivity contribution in [2.75, 3.05) is 26.2 Å². The monoisotopic (exact) mass is 510 g/mol. The van der Waals surface area contributed by atoms with Gasteiger partial charge >= 0.3 is 0 Å². The van der Waals surface area contributed by atoms with E-state index >= 15 is 0 Å². The fourth-order valence-corrected chi connectivity index (χ4v) is 10.1. The number of carbonyl (C=O) groups excluding carboxylic acids is 2. The van der Waals surface area contributed by atoms with Gasteiger partial charge in [0.05, 0.1) is 6.10 Å². The minimum absolute atomic E-state index is 0.127. The highest BCUT2D eigenvalue weighted by atomic mass is 16.3. The second kappa shape index (κ2) is 9.68. The SMILES string of the molecule is C[C@H](CCC(=O)N1CCN(C(=O)C2CC2)CC1)[C@H]1CC[C@H]2[C@@H]3CC=C4C[C@@H](O)CC[C@]4(C)[C@H]3CC[C@]12C. The van der Waals surface area contributed by atoms with Crippen LogP contribution in [0.4, 0.5) is 0 Å². The lowest BCUT2D eigenvalue weighted by molar-refractivity contribution is -0.140. The van der Waals surface area contributed by atoms with Crippen molar-refractivity contribution in [2.24, 2.45) is 46.3 Å². The number of hydrogen-bond donors (Lipinski definition) is 1. The van der Waals surface area contributed by atoms with Crippen molar-refractivity contribution in [3.8, 4) is 0 Å². The van der Waals surface area contributed by atoms with Gasteiger partial charge in [0.2, 0.25) is 11.8 Å². The maximum atomic E-state index is 13.1. The third kappa shape index (κ3) is 4.49. The molecule has 0 radical (unpaired) electrons. The molecule has 8 atom stereocenters. The first-order chi connectivity index (χ1) is 17.7. The lowest BCUT2D eigenvalue weighted by Crippen LogP contribution is -2.51. The van der Waals surface area contributed by atoms with E-state index in [4.69, 9.17) is 0 Å². The van der Waals surface area contributed by atoms with Crippen molar-refractivity contribution in [3.05, 3.63) is 11.6 Å². The molecule has 6 aliphatic rings. The molecule has 1 aliphatic heterocycles. The molecule has 0 unspecified atom stereocenters. The zero-order valence-corrected chi connectivity index (χ0v) is 23.6. The topological polar surface area (TPSA) is 60.9 Å². The zero-order valence-electron chi connectivity index (χ0n) is 23.6. The van der Waals surface area contributed by atoms with E-state index in [0.29, 0.717) is 48.1 Å². The van der Waals surface area contributed by atoms with E-state index < -0.39 is 0 Å². The number of amides is 2. The molecule has 0 aromatic heterocycles. The number of carbonyl (C=O) groups is 2. The van der Waals surface area contributed by atoms with Gasteiger partial charge in [0.1, 0.15) is 0 Å². The molecule has 5 heteroatoms. The quantitative estimate of drug-likeness (QED) is 0.502. The molecule has 4 saturated carbocycles. The Balaban J connectivity index is 1.04. The van der Waals surface area contributed by atoms with Crippen LogP contribution in [0.25, 0.3) is 0 Å². The molecule has 5 nitrogen and oxygen atoms in total. The van der Waals surface area contributed by atoms with Gasteiger partial charge in [0, 0.05) is 38.5 Å². The van der Waals surface area contributed by atoms with Crippen LogP contribution >= 0.6 is 0 Å². The highest BCUT2D eigenvalue weighted by molar-refractivity contribution is 5.81. The molecule has 0 bridgehead atoms. The van der Waals surface area contributed by atoms with Gasteiger partial charge in [-0.15, -0.1) is 0 Å². The van der Waals surface area contributed by atoms with Crippen LogP contribution in [0.5, 0.6) is 0 Å². The number of aliphatic hydroxyl groups excluding tert-OH is 1. The summed E-state index contributed by atoms with van der Waals surface area (Å²) < 4.78 is 0. The maximum absolute atomic E-state index is 13.1. The Morgan fingerprint density at radius 3 is 2.43 bits per heavy atom. The third-order valence-corrected chi connectivity index (χ3v) is 12.5. The van der Waals surface area contributed by atoms with Gasteiger partial charge in [0.25, 0.3) is 0 Å². The van der Waals surface area contributed by atoms with Gasteiger partial charge < -0.3 is 14.9 Å². The van der Waals surface area contributed by atoms with Crippen LogP contribution in [0, 0.1) is 46.3 Å². The average molecular weight is 511 g/mol. The van der Waals surface area contributed by atoms with Crippen LogP contribution in [0.2, 0.25) is 0 Å². The Hall–Kier alpha value is -1.36. The first kappa shape index (κ1) is 25.9. The summed E-state index contributed by atoms with van der Waals surface area (Å²) in [6.07, 6.45) is 15.8. The first-order valence-electron chi connectivity index (χ1n) is 15.6. The van der Waals surface area contributed by atoms with Crippen LogP contribution in [-0.2, 0) is 9.59 Å². The van der Waals surface area contributed by atoms with Crippen molar-refractivity contribution >= 4 is 11.8 Å². The van der Waals surface area contributed by atoms with Gasteiger partial charge in [-0.25, -0.2) is 0 Å². The molecule has 1 N–H and O–H groups in total. The molecule has 1 saturated heterocycles. The normalized spacial score (nSPS) is 42.4. The molecular formula is C32H50N2O3. The van der Waals surface area contributed by atoms with E-state index in [1.54, 1.807) is 5.57 Å². The Labute approximate surface area is 224 Å². The molecular weight excluding hydrogens is 460 g/mol. The number of allylic oxidation sites excluding steroid dienone is 1. The van der Waals surface area contributed by atoms with E-state index in [9.17, 15) is 14.7 Å². The standard InChI is InChI=1S/C32H50N2O3/c1-21(4-11-29(36)33-16-18-34(19-17-33)30(37)22-5-6-22)26-9-10-27-25-8-7-23-20-24(35)12-14-31(23,2)28(25)13-15-32(26,27)3/h7,21-22,24-28,35H,4-6,8-20H2,1-3H3/t21-,24+,25+,26-,27+,28+,31+,32-/m1/s1. The van der Waals surface area contributed by atoms with E-state index in [2.05, 4.69) is 26.8 Å². The molecule has 0 spiro atoms. The second-order valence-electron chi connectivity index (χ2n) is 14.4. The van der Waals surface area contributed by atoms with Crippen LogP contribution in [0.3, 0.4) is 0 Å². The molecule has 6 rings (SSSR count). The second-order valence-corrected chi connectivity index (χ2v) is 14.4. The maximum Gasteiger partial charge on any atom is 0.225 e. The van der Waals surface area contributed by atoms with Crippen molar-refractivity contribution in [1.82, 2.24) is 9.80 Å². The fraction of sp³-hybridized carbons (Fsp3) is 0.875. The van der Waals surface area contributed by atoms with Gasteiger partial charge in [-0.05, 0) is 111 Å². The summed E-state index contributed by atoms with van der Waals surface area (Å²) in [4.78, 5) is 29.4. The molecule has 0 aromatic carbocycles. The molecule has 2 amide bonds.